The first-order valence-corrected chi connectivity index (χ1v) is 24.4. The van der Waals surface area contributed by atoms with E-state index >= 15 is 0 Å². The van der Waals surface area contributed by atoms with Crippen molar-refractivity contribution in [3.05, 3.63) is 12.2 Å². The van der Waals surface area contributed by atoms with Crippen molar-refractivity contribution in [1.82, 2.24) is 5.32 Å². The second kappa shape index (κ2) is 45.3. The van der Waals surface area contributed by atoms with E-state index in [1.54, 1.807) is 0 Å². The zero-order chi connectivity index (χ0) is 40.1. The summed E-state index contributed by atoms with van der Waals surface area (Å²) in [5.41, 5.74) is 0. The molecule has 0 saturated heterocycles. The van der Waals surface area contributed by atoms with Gasteiger partial charge in [-0.15, -0.1) is 0 Å². The average molecular weight is 778 g/mol. The number of carbonyl (C=O) groups excluding carboxylic acids is 2. The maximum absolute atomic E-state index is 12.4. The highest BCUT2D eigenvalue weighted by atomic mass is 16.5. The van der Waals surface area contributed by atoms with Crippen LogP contribution in [0.3, 0.4) is 0 Å². The van der Waals surface area contributed by atoms with E-state index in [9.17, 15) is 19.8 Å². The lowest BCUT2D eigenvalue weighted by Gasteiger charge is -2.22. The normalized spacial score (nSPS) is 12.7. The molecular formula is C49H95NO5. The van der Waals surface area contributed by atoms with E-state index in [0.717, 1.165) is 77.0 Å². The monoisotopic (exact) mass is 778 g/mol. The topological polar surface area (TPSA) is 95.9 Å². The van der Waals surface area contributed by atoms with Crippen LogP contribution in [0, 0.1) is 0 Å². The summed E-state index contributed by atoms with van der Waals surface area (Å²) in [5.74, 6) is -0.104. The van der Waals surface area contributed by atoms with Gasteiger partial charge in [0.1, 0.15) is 0 Å². The highest BCUT2D eigenvalue weighted by Crippen LogP contribution is 2.16. The van der Waals surface area contributed by atoms with Crippen molar-refractivity contribution < 1.29 is 24.5 Å². The summed E-state index contributed by atoms with van der Waals surface area (Å²) in [6, 6.07) is -0.563. The third kappa shape index (κ3) is 42.0. The van der Waals surface area contributed by atoms with Gasteiger partial charge in [-0.1, -0.05) is 212 Å². The van der Waals surface area contributed by atoms with Gasteiger partial charge in [0.25, 0.3) is 0 Å². The molecule has 0 aliphatic heterocycles. The molecular weight excluding hydrogens is 683 g/mol. The molecule has 0 radical (unpaired) electrons. The smallest absolute Gasteiger partial charge is 0.305 e. The van der Waals surface area contributed by atoms with Crippen LogP contribution in [0.5, 0.6) is 0 Å². The number of allylic oxidation sites excluding steroid dienone is 2. The minimum Gasteiger partial charge on any atom is -0.466 e. The summed E-state index contributed by atoms with van der Waals surface area (Å²) in [6.45, 7) is 4.85. The van der Waals surface area contributed by atoms with Gasteiger partial charge >= 0.3 is 5.97 Å². The molecule has 6 nitrogen and oxygen atoms in total. The molecule has 0 fully saturated rings. The van der Waals surface area contributed by atoms with E-state index in [-0.39, 0.29) is 18.5 Å². The Balaban J connectivity index is 3.47. The quantitative estimate of drug-likeness (QED) is 0.0325. The maximum Gasteiger partial charge on any atom is 0.305 e. The standard InChI is InChI=1S/C49H95NO5/c1-3-5-7-9-11-13-15-16-17-18-19-20-21-22-27-31-35-39-43-49(54)55-44-40-36-32-28-24-23-26-30-34-38-42-48(53)50-46(45-51)47(52)41-37-33-29-25-14-12-10-8-6-4-2/h24,28,46-47,51-52H,3-23,25-27,29-45H2,1-2H3,(H,50,53)/b28-24-. The molecule has 0 aliphatic rings. The van der Waals surface area contributed by atoms with Crippen LogP contribution in [-0.4, -0.2) is 47.4 Å². The molecule has 0 bridgehead atoms. The molecule has 3 N–H and O–H groups in total. The Morgan fingerprint density at radius 1 is 0.491 bits per heavy atom. The van der Waals surface area contributed by atoms with Crippen molar-refractivity contribution in [2.75, 3.05) is 13.2 Å². The van der Waals surface area contributed by atoms with Gasteiger partial charge in [-0.3, -0.25) is 9.59 Å². The number of aliphatic hydroxyl groups excluding tert-OH is 2. The second-order valence-corrected chi connectivity index (χ2v) is 16.8. The number of nitrogens with one attached hydrogen (secondary N) is 1. The van der Waals surface area contributed by atoms with Gasteiger partial charge in [-0.2, -0.15) is 0 Å². The fraction of sp³-hybridized carbons (Fsp3) is 0.918. The number of hydrogen-bond acceptors (Lipinski definition) is 5. The Kier molecular flexibility index (Phi) is 44.2. The number of unbranched alkanes of at least 4 members (excludes halogenated alkanes) is 32. The molecule has 0 aliphatic carbocycles. The Hall–Kier alpha value is -1.40. The van der Waals surface area contributed by atoms with Crippen LogP contribution in [0.1, 0.15) is 264 Å². The Morgan fingerprint density at radius 2 is 0.855 bits per heavy atom. The zero-order valence-electron chi connectivity index (χ0n) is 36.9. The third-order valence-corrected chi connectivity index (χ3v) is 11.3. The maximum atomic E-state index is 12.4. The van der Waals surface area contributed by atoms with E-state index in [2.05, 4.69) is 31.3 Å². The van der Waals surface area contributed by atoms with Crippen molar-refractivity contribution in [1.29, 1.82) is 0 Å². The molecule has 0 saturated carbocycles. The first-order valence-electron chi connectivity index (χ1n) is 24.4. The summed E-state index contributed by atoms with van der Waals surface area (Å²) in [6.07, 6.45) is 50.4. The Labute approximate surface area is 342 Å². The Bertz CT molecular complexity index is 817. The largest absolute Gasteiger partial charge is 0.466 e. The number of ether oxygens (including phenoxy) is 1. The lowest BCUT2D eigenvalue weighted by molar-refractivity contribution is -0.143. The summed E-state index contributed by atoms with van der Waals surface area (Å²) in [7, 11) is 0. The van der Waals surface area contributed by atoms with Crippen LogP contribution < -0.4 is 5.32 Å². The second-order valence-electron chi connectivity index (χ2n) is 16.8. The van der Waals surface area contributed by atoms with Crippen LogP contribution in [0.15, 0.2) is 12.2 Å². The number of carbonyl (C=O) groups is 2. The number of amides is 1. The van der Waals surface area contributed by atoms with E-state index in [0.29, 0.717) is 25.9 Å². The zero-order valence-corrected chi connectivity index (χ0v) is 36.9. The van der Waals surface area contributed by atoms with Crippen LogP contribution in [0.2, 0.25) is 0 Å². The predicted molar refractivity (Wildman–Crippen MR) is 237 cm³/mol. The van der Waals surface area contributed by atoms with Crippen molar-refractivity contribution in [2.45, 2.75) is 276 Å². The van der Waals surface area contributed by atoms with Crippen LogP contribution in [0.4, 0.5) is 0 Å². The van der Waals surface area contributed by atoms with Crippen molar-refractivity contribution in [3.63, 3.8) is 0 Å². The van der Waals surface area contributed by atoms with Gasteiger partial charge in [0.2, 0.25) is 5.91 Å². The fourth-order valence-corrected chi connectivity index (χ4v) is 7.51. The summed E-state index contributed by atoms with van der Waals surface area (Å²) in [4.78, 5) is 24.4. The fourth-order valence-electron chi connectivity index (χ4n) is 7.51. The summed E-state index contributed by atoms with van der Waals surface area (Å²) in [5, 5.41) is 23.0. The van der Waals surface area contributed by atoms with E-state index in [1.165, 1.54) is 154 Å². The van der Waals surface area contributed by atoms with Gasteiger partial charge in [0.05, 0.1) is 25.4 Å². The number of esters is 1. The average Bonchev–Trinajstić information content (AvgIpc) is 3.18. The first kappa shape index (κ1) is 53.6. The molecule has 0 heterocycles. The van der Waals surface area contributed by atoms with Crippen molar-refractivity contribution in [2.24, 2.45) is 0 Å². The highest BCUT2D eigenvalue weighted by molar-refractivity contribution is 5.76. The molecule has 0 aromatic heterocycles. The molecule has 0 rings (SSSR count). The molecule has 55 heavy (non-hydrogen) atoms. The molecule has 0 aromatic carbocycles. The molecule has 6 heteroatoms. The molecule has 2 unspecified atom stereocenters. The van der Waals surface area contributed by atoms with Gasteiger partial charge in [0.15, 0.2) is 0 Å². The summed E-state index contributed by atoms with van der Waals surface area (Å²) >= 11 is 0. The molecule has 0 aromatic rings. The Morgan fingerprint density at radius 3 is 1.29 bits per heavy atom. The van der Waals surface area contributed by atoms with Gasteiger partial charge < -0.3 is 20.3 Å². The van der Waals surface area contributed by atoms with Crippen LogP contribution >= 0.6 is 0 Å². The third-order valence-electron chi connectivity index (χ3n) is 11.3. The molecule has 1 amide bonds. The number of aliphatic hydroxyl groups is 2. The number of hydrogen-bond donors (Lipinski definition) is 3. The van der Waals surface area contributed by atoms with E-state index in [4.69, 9.17) is 4.74 Å². The molecule has 0 spiro atoms. The minimum atomic E-state index is -0.682. The van der Waals surface area contributed by atoms with E-state index < -0.39 is 12.1 Å². The SMILES string of the molecule is CCCCCCCCCCCCCCCCCCCCC(=O)OCCCC/C=C\CCCCCCC(=O)NC(CO)C(O)CCCCCCCCCCCC. The first-order chi connectivity index (χ1) is 27.0. The lowest BCUT2D eigenvalue weighted by Crippen LogP contribution is -2.45. The lowest BCUT2D eigenvalue weighted by atomic mass is 10.0. The van der Waals surface area contributed by atoms with Crippen LogP contribution in [0.25, 0.3) is 0 Å². The summed E-state index contributed by atoms with van der Waals surface area (Å²) < 4.78 is 5.44. The molecule has 326 valence electrons. The predicted octanol–water partition coefficient (Wildman–Crippen LogP) is 14.2. The van der Waals surface area contributed by atoms with Gasteiger partial charge in [0, 0.05) is 12.8 Å². The van der Waals surface area contributed by atoms with Crippen molar-refractivity contribution in [3.8, 4) is 0 Å². The van der Waals surface area contributed by atoms with Gasteiger partial charge in [-0.25, -0.2) is 0 Å². The minimum absolute atomic E-state index is 0.0325. The van der Waals surface area contributed by atoms with Crippen molar-refractivity contribution >= 4 is 11.9 Å². The van der Waals surface area contributed by atoms with Crippen LogP contribution in [-0.2, 0) is 14.3 Å². The number of rotatable bonds is 45. The van der Waals surface area contributed by atoms with E-state index in [1.807, 2.05) is 0 Å². The highest BCUT2D eigenvalue weighted by Gasteiger charge is 2.20. The van der Waals surface area contributed by atoms with Gasteiger partial charge in [-0.05, 0) is 51.4 Å². The molecule has 2 atom stereocenters.